The molecular weight excluding hydrogens is 500 g/mol. The number of anilines is 1. The SMILES string of the molecule is CCOc1ccc(N(CC(=O)N/N=C/c2cc(C)n(-c3ccccc3)c2C)S(=O)(=O)c2ccccc2)cc1. The fourth-order valence-corrected chi connectivity index (χ4v) is 5.58. The number of para-hydroxylation sites is 1. The monoisotopic (exact) mass is 530 g/mol. The zero-order chi connectivity index (χ0) is 27.1. The summed E-state index contributed by atoms with van der Waals surface area (Å²) in [7, 11) is -4.01. The molecule has 1 heterocycles. The zero-order valence-corrected chi connectivity index (χ0v) is 22.4. The number of sulfonamides is 1. The molecule has 1 aromatic heterocycles. The molecule has 0 bridgehead atoms. The molecule has 0 spiro atoms. The first-order chi connectivity index (χ1) is 18.3. The molecule has 196 valence electrons. The van der Waals surface area contributed by atoms with Crippen LogP contribution in [0.3, 0.4) is 0 Å². The van der Waals surface area contributed by atoms with E-state index >= 15 is 0 Å². The van der Waals surface area contributed by atoms with E-state index in [1.54, 1.807) is 48.7 Å². The van der Waals surface area contributed by atoms with E-state index in [1.165, 1.54) is 12.1 Å². The summed E-state index contributed by atoms with van der Waals surface area (Å²) in [6.45, 7) is 5.87. The van der Waals surface area contributed by atoms with Gasteiger partial charge in [0.25, 0.3) is 15.9 Å². The number of aryl methyl sites for hydroxylation is 1. The van der Waals surface area contributed by atoms with Crippen LogP contribution in [-0.4, -0.2) is 38.3 Å². The number of amides is 1. The number of nitrogens with zero attached hydrogens (tertiary/aromatic N) is 3. The Hall–Kier alpha value is -4.37. The van der Waals surface area contributed by atoms with Crippen LogP contribution in [0.15, 0.2) is 101 Å². The quantitative estimate of drug-likeness (QED) is 0.235. The fourth-order valence-electron chi connectivity index (χ4n) is 4.14. The Labute approximate surface area is 223 Å². The molecule has 0 atom stereocenters. The minimum absolute atomic E-state index is 0.0820. The minimum Gasteiger partial charge on any atom is -0.494 e. The Morgan fingerprint density at radius 2 is 1.61 bits per heavy atom. The van der Waals surface area contributed by atoms with Crippen LogP contribution in [0.4, 0.5) is 5.69 Å². The van der Waals surface area contributed by atoms with E-state index in [2.05, 4.69) is 15.1 Å². The molecule has 9 heteroatoms. The summed E-state index contributed by atoms with van der Waals surface area (Å²) in [6.07, 6.45) is 1.56. The molecule has 8 nitrogen and oxygen atoms in total. The molecule has 4 rings (SSSR count). The number of ether oxygens (including phenoxy) is 1. The van der Waals surface area contributed by atoms with Crippen molar-refractivity contribution >= 4 is 27.8 Å². The van der Waals surface area contributed by atoms with Crippen molar-refractivity contribution in [2.24, 2.45) is 5.10 Å². The van der Waals surface area contributed by atoms with Crippen molar-refractivity contribution in [3.05, 3.63) is 108 Å². The summed E-state index contributed by atoms with van der Waals surface area (Å²) in [5.74, 6) is 0.0296. The summed E-state index contributed by atoms with van der Waals surface area (Å²) in [5.41, 5.74) is 6.67. The first-order valence-corrected chi connectivity index (χ1v) is 13.6. The standard InChI is InChI=1S/C29H30N4O4S/c1-4-37-27-17-15-25(16-18-27)32(38(35,36)28-13-9-6-10-14-28)21-29(34)31-30-20-24-19-22(2)33(23(24)3)26-11-7-5-8-12-26/h5-20H,4,21H2,1-3H3,(H,31,34)/b30-20+. The van der Waals surface area contributed by atoms with Crippen LogP contribution in [-0.2, 0) is 14.8 Å². The molecular formula is C29H30N4O4S. The van der Waals surface area contributed by atoms with Crippen LogP contribution in [0.2, 0.25) is 0 Å². The number of aromatic nitrogens is 1. The maximum atomic E-state index is 13.5. The minimum atomic E-state index is -4.01. The summed E-state index contributed by atoms with van der Waals surface area (Å²) < 4.78 is 35.6. The van der Waals surface area contributed by atoms with Gasteiger partial charge < -0.3 is 9.30 Å². The second kappa shape index (κ2) is 11.8. The second-order valence-corrected chi connectivity index (χ2v) is 10.4. The van der Waals surface area contributed by atoms with Gasteiger partial charge in [-0.2, -0.15) is 5.10 Å². The van der Waals surface area contributed by atoms with Crippen molar-refractivity contribution in [2.45, 2.75) is 25.7 Å². The lowest BCUT2D eigenvalue weighted by atomic mass is 10.2. The van der Waals surface area contributed by atoms with E-state index in [-0.39, 0.29) is 4.90 Å². The summed E-state index contributed by atoms with van der Waals surface area (Å²) in [6, 6.07) is 26.5. The van der Waals surface area contributed by atoms with E-state index in [4.69, 9.17) is 4.74 Å². The highest BCUT2D eigenvalue weighted by atomic mass is 32.2. The number of hydrogen-bond donors (Lipinski definition) is 1. The van der Waals surface area contributed by atoms with Gasteiger partial charge in [0.2, 0.25) is 0 Å². The molecule has 0 radical (unpaired) electrons. The van der Waals surface area contributed by atoms with Crippen molar-refractivity contribution in [3.63, 3.8) is 0 Å². The Morgan fingerprint density at radius 1 is 0.974 bits per heavy atom. The largest absolute Gasteiger partial charge is 0.494 e. The molecule has 0 saturated heterocycles. The van der Waals surface area contributed by atoms with Gasteiger partial charge in [0.05, 0.1) is 23.4 Å². The van der Waals surface area contributed by atoms with Gasteiger partial charge in [-0.1, -0.05) is 36.4 Å². The van der Waals surface area contributed by atoms with Crippen molar-refractivity contribution in [1.29, 1.82) is 0 Å². The van der Waals surface area contributed by atoms with Crippen LogP contribution in [0.1, 0.15) is 23.9 Å². The third-order valence-corrected chi connectivity index (χ3v) is 7.72. The Balaban J connectivity index is 1.54. The number of nitrogens with one attached hydrogen (secondary N) is 1. The molecule has 0 aliphatic heterocycles. The van der Waals surface area contributed by atoms with Crippen molar-refractivity contribution in [3.8, 4) is 11.4 Å². The highest BCUT2D eigenvalue weighted by molar-refractivity contribution is 7.92. The predicted octanol–water partition coefficient (Wildman–Crippen LogP) is 4.84. The second-order valence-electron chi connectivity index (χ2n) is 8.54. The van der Waals surface area contributed by atoms with Crippen molar-refractivity contribution in [1.82, 2.24) is 9.99 Å². The molecule has 1 amide bonds. The van der Waals surface area contributed by atoms with Gasteiger partial charge in [0.15, 0.2) is 0 Å². The Bertz CT molecular complexity index is 1510. The molecule has 4 aromatic rings. The van der Waals surface area contributed by atoms with Crippen LogP contribution in [0.25, 0.3) is 5.69 Å². The van der Waals surface area contributed by atoms with Gasteiger partial charge in [-0.15, -0.1) is 0 Å². The van der Waals surface area contributed by atoms with Gasteiger partial charge in [-0.3, -0.25) is 9.10 Å². The molecule has 0 fully saturated rings. The smallest absolute Gasteiger partial charge is 0.264 e. The highest BCUT2D eigenvalue weighted by Gasteiger charge is 2.27. The molecule has 38 heavy (non-hydrogen) atoms. The Morgan fingerprint density at radius 3 is 2.24 bits per heavy atom. The van der Waals surface area contributed by atoms with Crippen LogP contribution < -0.4 is 14.5 Å². The van der Waals surface area contributed by atoms with Crippen molar-refractivity contribution in [2.75, 3.05) is 17.5 Å². The van der Waals surface area contributed by atoms with E-state index in [0.29, 0.717) is 18.0 Å². The van der Waals surface area contributed by atoms with Gasteiger partial charge in [-0.25, -0.2) is 13.8 Å². The third-order valence-electron chi connectivity index (χ3n) is 5.93. The molecule has 0 unspecified atom stereocenters. The third kappa shape index (κ3) is 5.95. The zero-order valence-electron chi connectivity index (χ0n) is 21.5. The van der Waals surface area contributed by atoms with Crippen LogP contribution >= 0.6 is 0 Å². The first-order valence-electron chi connectivity index (χ1n) is 12.2. The molecule has 1 N–H and O–H groups in total. The maximum absolute atomic E-state index is 13.5. The molecule has 3 aromatic carbocycles. The van der Waals surface area contributed by atoms with Crippen molar-refractivity contribution < 1.29 is 17.9 Å². The number of hydrazone groups is 1. The van der Waals surface area contributed by atoms with E-state index < -0.39 is 22.5 Å². The summed E-state index contributed by atoms with van der Waals surface area (Å²) in [5, 5.41) is 4.11. The lowest BCUT2D eigenvalue weighted by Gasteiger charge is -2.24. The van der Waals surface area contributed by atoms with E-state index in [1.807, 2.05) is 57.2 Å². The predicted molar refractivity (Wildman–Crippen MR) is 150 cm³/mol. The lowest BCUT2D eigenvalue weighted by Crippen LogP contribution is -2.39. The van der Waals surface area contributed by atoms with Gasteiger partial charge in [-0.05, 0) is 75.4 Å². The summed E-state index contributed by atoms with van der Waals surface area (Å²) in [4.78, 5) is 13.0. The first kappa shape index (κ1) is 26.7. The average Bonchev–Trinajstić information content (AvgIpc) is 3.21. The summed E-state index contributed by atoms with van der Waals surface area (Å²) >= 11 is 0. The van der Waals surface area contributed by atoms with Crippen LogP contribution in [0.5, 0.6) is 5.75 Å². The Kier molecular flexibility index (Phi) is 8.28. The van der Waals surface area contributed by atoms with E-state index in [0.717, 1.165) is 26.9 Å². The maximum Gasteiger partial charge on any atom is 0.264 e. The number of carbonyl (C=O) groups is 1. The number of hydrogen-bond acceptors (Lipinski definition) is 5. The topological polar surface area (TPSA) is 93.0 Å². The van der Waals surface area contributed by atoms with Gasteiger partial charge >= 0.3 is 0 Å². The number of benzene rings is 3. The van der Waals surface area contributed by atoms with Gasteiger partial charge in [0.1, 0.15) is 12.3 Å². The highest BCUT2D eigenvalue weighted by Crippen LogP contribution is 2.26. The number of carbonyl (C=O) groups excluding carboxylic acids is 1. The van der Waals surface area contributed by atoms with Crippen LogP contribution in [0, 0.1) is 13.8 Å². The molecule has 0 aliphatic rings. The molecule has 0 saturated carbocycles. The fraction of sp³-hybridized carbons (Fsp3) is 0.172. The molecule has 0 aliphatic carbocycles. The van der Waals surface area contributed by atoms with Gasteiger partial charge in [0, 0.05) is 22.6 Å². The van der Waals surface area contributed by atoms with E-state index in [9.17, 15) is 13.2 Å². The number of rotatable bonds is 10. The normalized spacial score (nSPS) is 11.4. The average molecular weight is 531 g/mol. The lowest BCUT2D eigenvalue weighted by molar-refractivity contribution is -0.119.